The van der Waals surface area contributed by atoms with E-state index in [4.69, 9.17) is 28.1 Å². The summed E-state index contributed by atoms with van der Waals surface area (Å²) in [6.45, 7) is 11.3. The lowest BCUT2D eigenvalue weighted by atomic mass is 9.99. The smallest absolute Gasteiger partial charge is 0.338 e. The first-order valence-electron chi connectivity index (χ1n) is 18.6. The predicted molar refractivity (Wildman–Crippen MR) is 222 cm³/mol. The molecule has 1 saturated heterocycles. The van der Waals surface area contributed by atoms with Crippen LogP contribution in [0.3, 0.4) is 0 Å². The van der Waals surface area contributed by atoms with Crippen molar-refractivity contribution >= 4 is 36.4 Å². The molecule has 5 aromatic rings. The van der Waals surface area contributed by atoms with E-state index in [0.717, 1.165) is 26.6 Å². The van der Waals surface area contributed by atoms with Crippen LogP contribution in [0, 0.1) is 0 Å². The molecule has 0 amide bonds. The molecule has 0 aliphatic carbocycles. The summed E-state index contributed by atoms with van der Waals surface area (Å²) in [5.41, 5.74) is 0.810. The van der Waals surface area contributed by atoms with Gasteiger partial charge in [-0.25, -0.2) is 4.79 Å². The minimum atomic E-state index is -3.02. The van der Waals surface area contributed by atoms with Gasteiger partial charge in [0.25, 0.3) is 8.32 Å². The van der Waals surface area contributed by atoms with E-state index in [-0.39, 0.29) is 24.9 Å². The predicted octanol–water partition coefficient (Wildman–Crippen LogP) is 8.47. The zero-order valence-electron chi connectivity index (χ0n) is 31.9. The van der Waals surface area contributed by atoms with Crippen molar-refractivity contribution in [2.45, 2.75) is 67.2 Å². The molecular formula is C46H50O7SSi. The zero-order valence-corrected chi connectivity index (χ0v) is 33.7. The van der Waals surface area contributed by atoms with Crippen molar-refractivity contribution in [2.75, 3.05) is 20.3 Å². The number of carbonyl (C=O) groups is 1. The van der Waals surface area contributed by atoms with Gasteiger partial charge in [0, 0.05) is 4.90 Å². The number of hydrogen-bond acceptors (Lipinski definition) is 8. The molecule has 0 radical (unpaired) electrons. The molecule has 6 rings (SSSR count). The second kappa shape index (κ2) is 18.9. The van der Waals surface area contributed by atoms with Gasteiger partial charge in [-0.1, -0.05) is 148 Å². The van der Waals surface area contributed by atoms with Crippen LogP contribution in [0.5, 0.6) is 5.75 Å². The Labute approximate surface area is 330 Å². The highest BCUT2D eigenvalue weighted by Gasteiger charge is 2.54. The average molecular weight is 775 g/mol. The van der Waals surface area contributed by atoms with Crippen LogP contribution in [0.15, 0.2) is 163 Å². The van der Waals surface area contributed by atoms with E-state index in [1.165, 1.54) is 0 Å². The first-order valence-corrected chi connectivity index (χ1v) is 21.4. The molecule has 286 valence electrons. The maximum absolute atomic E-state index is 14.0. The third kappa shape index (κ3) is 9.67. The second-order valence-corrected chi connectivity index (χ2v) is 19.9. The van der Waals surface area contributed by atoms with E-state index in [9.17, 15) is 4.79 Å². The number of thioether (sulfide) groups is 1. The fourth-order valence-corrected chi connectivity index (χ4v) is 12.8. The van der Waals surface area contributed by atoms with Crippen molar-refractivity contribution in [3.63, 3.8) is 0 Å². The van der Waals surface area contributed by atoms with Crippen LogP contribution in [0.4, 0.5) is 0 Å². The molecule has 1 fully saturated rings. The lowest BCUT2D eigenvalue weighted by Crippen LogP contribution is -2.68. The minimum absolute atomic E-state index is 0.130. The summed E-state index contributed by atoms with van der Waals surface area (Å²) in [5, 5.41) is 1.98. The Kier molecular flexibility index (Phi) is 13.8. The van der Waals surface area contributed by atoms with Crippen molar-refractivity contribution in [1.82, 2.24) is 0 Å². The van der Waals surface area contributed by atoms with Crippen LogP contribution in [0.25, 0.3) is 0 Å². The molecule has 0 saturated carbocycles. The normalized spacial score (nSPS) is 20.0. The molecular weight excluding hydrogens is 725 g/mol. The first-order chi connectivity index (χ1) is 26.7. The molecule has 5 atom stereocenters. The molecule has 0 N–H and O–H groups in total. The van der Waals surface area contributed by atoms with E-state index in [1.807, 2.05) is 84.9 Å². The van der Waals surface area contributed by atoms with Gasteiger partial charge in [0.1, 0.15) is 29.5 Å². The van der Waals surface area contributed by atoms with Gasteiger partial charge in [0.05, 0.1) is 32.5 Å². The van der Waals surface area contributed by atoms with Crippen LogP contribution in [0.2, 0.25) is 5.04 Å². The number of rotatable bonds is 16. The third-order valence-electron chi connectivity index (χ3n) is 9.73. The van der Waals surface area contributed by atoms with Gasteiger partial charge >= 0.3 is 5.97 Å². The van der Waals surface area contributed by atoms with Gasteiger partial charge in [0.2, 0.25) is 0 Å². The molecule has 0 spiro atoms. The SMILES string of the molecule is C=CCO[C@H]1[C@@H](OC(=O)c2ccccc2)[C@@H](CO[Si](c2ccccc2)(c2ccccc2)C(C)(C)C)O[C@@H](Sc2ccccc2)[C@@H]1OCc1ccc(OC)cc1. The van der Waals surface area contributed by atoms with E-state index < -0.39 is 44.1 Å². The third-order valence-corrected chi connectivity index (χ3v) is 15.9. The minimum Gasteiger partial charge on any atom is -0.497 e. The molecule has 0 unspecified atom stereocenters. The van der Waals surface area contributed by atoms with E-state index in [2.05, 4.69) is 75.9 Å². The molecule has 1 aliphatic heterocycles. The number of benzene rings is 5. The van der Waals surface area contributed by atoms with Gasteiger partial charge in [-0.2, -0.15) is 0 Å². The highest BCUT2D eigenvalue weighted by atomic mass is 32.2. The largest absolute Gasteiger partial charge is 0.497 e. The molecule has 9 heteroatoms. The van der Waals surface area contributed by atoms with E-state index in [0.29, 0.717) is 5.56 Å². The summed E-state index contributed by atoms with van der Waals surface area (Å²) in [4.78, 5) is 15.0. The summed E-state index contributed by atoms with van der Waals surface area (Å²) < 4.78 is 39.8. The van der Waals surface area contributed by atoms with E-state index >= 15 is 0 Å². The molecule has 7 nitrogen and oxygen atoms in total. The van der Waals surface area contributed by atoms with Crippen molar-refractivity contribution in [2.24, 2.45) is 0 Å². The molecule has 1 aliphatic rings. The standard InChI is InChI=1S/C46H50O7SSi/c1-6-31-49-42-41(53-44(47)35-19-11-7-12-20-35)40(33-51-55(46(2,3)4,38-23-15-9-16-24-38)39-25-17-10-18-26-39)52-45(54-37-21-13-8-14-22-37)43(42)50-32-34-27-29-36(48-5)30-28-34/h6-30,40-43,45H,1,31-33H2,2-5H3/t40-,41+,42+,43-,45+/m1/s1. The number of carbonyl (C=O) groups excluding carboxylic acids is 1. The Bertz CT molecular complexity index is 1880. The van der Waals surface area contributed by atoms with Gasteiger partial charge in [0.15, 0.2) is 6.10 Å². The van der Waals surface area contributed by atoms with Crippen LogP contribution < -0.4 is 15.1 Å². The summed E-state index contributed by atoms with van der Waals surface area (Å²) in [5.74, 6) is 0.269. The number of ether oxygens (including phenoxy) is 5. The Morgan fingerprint density at radius 1 is 0.745 bits per heavy atom. The maximum Gasteiger partial charge on any atom is 0.338 e. The molecule has 0 aromatic heterocycles. The summed E-state index contributed by atoms with van der Waals surface area (Å²) >= 11 is 1.55. The lowest BCUT2D eigenvalue weighted by Gasteiger charge is -2.48. The molecule has 1 heterocycles. The second-order valence-electron chi connectivity index (χ2n) is 14.4. The van der Waals surface area contributed by atoms with Crippen LogP contribution in [-0.2, 0) is 30.0 Å². The Hall–Kier alpha value is -4.48. The van der Waals surface area contributed by atoms with Gasteiger partial charge in [-0.3, -0.25) is 0 Å². The molecule has 5 aromatic carbocycles. The topological polar surface area (TPSA) is 72.5 Å². The Balaban J connectivity index is 1.43. The summed E-state index contributed by atoms with van der Waals surface area (Å²) in [7, 11) is -1.38. The van der Waals surface area contributed by atoms with Crippen LogP contribution in [-0.4, -0.2) is 64.5 Å². The van der Waals surface area contributed by atoms with Gasteiger partial charge < -0.3 is 28.1 Å². The quantitative estimate of drug-likeness (QED) is 0.0562. The van der Waals surface area contributed by atoms with Crippen molar-refractivity contribution in [3.05, 3.63) is 169 Å². The van der Waals surface area contributed by atoms with Crippen LogP contribution in [0.1, 0.15) is 36.7 Å². The fourth-order valence-electron chi connectivity index (χ4n) is 7.08. The van der Waals surface area contributed by atoms with Crippen molar-refractivity contribution in [3.8, 4) is 5.75 Å². The average Bonchev–Trinajstić information content (AvgIpc) is 3.22. The number of esters is 1. The highest BCUT2D eigenvalue weighted by molar-refractivity contribution is 7.99. The van der Waals surface area contributed by atoms with E-state index in [1.54, 1.807) is 37.1 Å². The molecule has 55 heavy (non-hydrogen) atoms. The first kappa shape index (κ1) is 40.2. The van der Waals surface area contributed by atoms with Crippen molar-refractivity contribution < 1.29 is 32.9 Å². The molecule has 0 bridgehead atoms. The van der Waals surface area contributed by atoms with Gasteiger partial charge in [-0.05, 0) is 57.4 Å². The van der Waals surface area contributed by atoms with Gasteiger partial charge in [-0.15, -0.1) is 6.58 Å². The Morgan fingerprint density at radius 2 is 1.31 bits per heavy atom. The summed E-state index contributed by atoms with van der Waals surface area (Å²) in [6.07, 6.45) is -1.35. The van der Waals surface area contributed by atoms with Crippen molar-refractivity contribution in [1.29, 1.82) is 0 Å². The highest BCUT2D eigenvalue weighted by Crippen LogP contribution is 2.41. The lowest BCUT2D eigenvalue weighted by molar-refractivity contribution is -0.231. The number of hydrogen-bond donors (Lipinski definition) is 0. The Morgan fingerprint density at radius 3 is 1.85 bits per heavy atom. The zero-order chi connectivity index (χ0) is 38.7. The monoisotopic (exact) mass is 774 g/mol. The number of methoxy groups -OCH3 is 1. The fraction of sp³-hybridized carbons (Fsp3) is 0.283. The van der Waals surface area contributed by atoms with Crippen LogP contribution >= 0.6 is 11.8 Å². The maximum atomic E-state index is 14.0. The summed E-state index contributed by atoms with van der Waals surface area (Å²) in [6, 6.07) is 47.7.